The number of thioether (sulfide) groups is 1. The molecule has 0 amide bonds. The van der Waals surface area contributed by atoms with E-state index in [4.69, 9.17) is 0 Å². The van der Waals surface area contributed by atoms with E-state index in [1.807, 2.05) is 6.26 Å². The first-order valence-corrected chi connectivity index (χ1v) is 5.29. The number of nitrogens with zero attached hydrogens (tertiary/aromatic N) is 4. The predicted octanol–water partition coefficient (Wildman–Crippen LogP) is -0.343. The summed E-state index contributed by atoms with van der Waals surface area (Å²) in [5.74, 6) is 0.426. The molecule has 1 aromatic rings. The number of hydrogen-bond donors (Lipinski definition) is 0. The molecule has 0 fully saturated rings. The van der Waals surface area contributed by atoms with Gasteiger partial charge in [0.1, 0.15) is 5.25 Å². The van der Waals surface area contributed by atoms with Crippen LogP contribution in [0.4, 0.5) is 0 Å². The monoisotopic (exact) mass is 216 g/mol. The molecule has 1 atom stereocenters. The molecule has 1 unspecified atom stereocenters. The average molecular weight is 216 g/mol. The molecular weight excluding hydrogens is 204 g/mol. The van der Waals surface area contributed by atoms with Crippen LogP contribution in [0.2, 0.25) is 0 Å². The quantitative estimate of drug-likeness (QED) is 0.641. The molecule has 1 heterocycles. The van der Waals surface area contributed by atoms with Crippen LogP contribution in [0.1, 0.15) is 5.82 Å². The number of esters is 1. The molecule has 0 radical (unpaired) electrons. The molecule has 14 heavy (non-hydrogen) atoms. The lowest BCUT2D eigenvalue weighted by Crippen LogP contribution is -2.22. The largest absolute Gasteiger partial charge is 0.468 e. The number of methoxy groups -OCH3 is 1. The van der Waals surface area contributed by atoms with Crippen LogP contribution in [0.15, 0.2) is 0 Å². The van der Waals surface area contributed by atoms with Crippen molar-refractivity contribution in [3.8, 4) is 0 Å². The smallest absolute Gasteiger partial charge is 0.319 e. The van der Waals surface area contributed by atoms with Gasteiger partial charge in [-0.2, -0.15) is 0 Å². The Hall–Kier alpha value is -1.11. The molecule has 0 spiro atoms. The molecule has 0 N–H and O–H groups in total. The third-order valence-corrected chi connectivity index (χ3v) is 2.75. The maximum Gasteiger partial charge on any atom is 0.319 e. The third kappa shape index (κ3) is 2.44. The summed E-state index contributed by atoms with van der Waals surface area (Å²) in [6.45, 7) is 0. The normalized spacial score (nSPS) is 12.5. The Labute approximate surface area is 86.0 Å². The van der Waals surface area contributed by atoms with Gasteiger partial charge in [-0.25, -0.2) is 4.68 Å². The van der Waals surface area contributed by atoms with Crippen molar-refractivity contribution in [2.24, 2.45) is 7.05 Å². The number of aryl methyl sites for hydroxylation is 1. The van der Waals surface area contributed by atoms with Crippen LogP contribution in [0.5, 0.6) is 0 Å². The minimum absolute atomic E-state index is 0.246. The zero-order chi connectivity index (χ0) is 10.6. The van der Waals surface area contributed by atoms with Gasteiger partial charge in [0.25, 0.3) is 0 Å². The molecule has 7 heteroatoms. The van der Waals surface area contributed by atoms with E-state index < -0.39 is 0 Å². The lowest BCUT2D eigenvalue weighted by atomic mass is 10.3. The Kier molecular flexibility index (Phi) is 3.87. The van der Waals surface area contributed by atoms with Crippen LogP contribution >= 0.6 is 11.8 Å². The SMILES string of the molecule is COC(=O)C(Cc1nnnn1C)SC. The second-order valence-electron chi connectivity index (χ2n) is 2.67. The molecule has 0 aliphatic rings. The summed E-state index contributed by atoms with van der Waals surface area (Å²) in [6, 6.07) is 0. The highest BCUT2D eigenvalue weighted by Gasteiger charge is 2.20. The van der Waals surface area contributed by atoms with Gasteiger partial charge >= 0.3 is 5.97 Å². The lowest BCUT2D eigenvalue weighted by molar-refractivity contribution is -0.139. The molecular formula is C7H12N4O2S. The maximum absolute atomic E-state index is 11.3. The number of ether oxygens (including phenoxy) is 1. The van der Waals surface area contributed by atoms with Gasteiger partial charge in [-0.05, 0) is 16.7 Å². The minimum Gasteiger partial charge on any atom is -0.468 e. The highest BCUT2D eigenvalue weighted by Crippen LogP contribution is 2.12. The van der Waals surface area contributed by atoms with Crippen molar-refractivity contribution in [2.45, 2.75) is 11.7 Å². The number of aromatic nitrogens is 4. The number of rotatable bonds is 4. The maximum atomic E-state index is 11.3. The van der Waals surface area contributed by atoms with Crippen molar-refractivity contribution >= 4 is 17.7 Å². The molecule has 0 aliphatic heterocycles. The van der Waals surface area contributed by atoms with Crippen LogP contribution < -0.4 is 0 Å². The van der Waals surface area contributed by atoms with Crippen molar-refractivity contribution < 1.29 is 9.53 Å². The number of hydrogen-bond acceptors (Lipinski definition) is 6. The van der Waals surface area contributed by atoms with E-state index in [0.29, 0.717) is 12.2 Å². The van der Waals surface area contributed by atoms with Crippen LogP contribution in [-0.2, 0) is 23.0 Å². The van der Waals surface area contributed by atoms with Crippen LogP contribution in [0.3, 0.4) is 0 Å². The highest BCUT2D eigenvalue weighted by atomic mass is 32.2. The number of carbonyl (C=O) groups excluding carboxylic acids is 1. The summed E-state index contributed by atoms with van der Waals surface area (Å²) in [6.07, 6.45) is 2.34. The second kappa shape index (κ2) is 4.94. The summed E-state index contributed by atoms with van der Waals surface area (Å²) >= 11 is 1.43. The van der Waals surface area contributed by atoms with Crippen molar-refractivity contribution in [2.75, 3.05) is 13.4 Å². The van der Waals surface area contributed by atoms with Gasteiger partial charge in [0.2, 0.25) is 0 Å². The Bertz CT molecular complexity index is 314. The van der Waals surface area contributed by atoms with Gasteiger partial charge in [0.15, 0.2) is 5.82 Å². The zero-order valence-corrected chi connectivity index (χ0v) is 9.11. The van der Waals surface area contributed by atoms with E-state index in [2.05, 4.69) is 20.3 Å². The average Bonchev–Trinajstić information content (AvgIpc) is 2.59. The summed E-state index contributed by atoms with van der Waals surface area (Å²) in [4.78, 5) is 11.3. The molecule has 6 nitrogen and oxygen atoms in total. The fraction of sp³-hybridized carbons (Fsp3) is 0.714. The Morgan fingerprint density at radius 2 is 2.43 bits per heavy atom. The Morgan fingerprint density at radius 3 is 2.86 bits per heavy atom. The molecule has 78 valence electrons. The van der Waals surface area contributed by atoms with Crippen molar-refractivity contribution in [1.29, 1.82) is 0 Å². The van der Waals surface area contributed by atoms with Gasteiger partial charge in [-0.15, -0.1) is 16.9 Å². The summed E-state index contributed by atoms with van der Waals surface area (Å²) < 4.78 is 6.20. The van der Waals surface area contributed by atoms with E-state index in [-0.39, 0.29) is 11.2 Å². The Morgan fingerprint density at radius 1 is 1.71 bits per heavy atom. The van der Waals surface area contributed by atoms with Gasteiger partial charge in [0.05, 0.1) is 7.11 Å². The van der Waals surface area contributed by atoms with Crippen LogP contribution in [0.25, 0.3) is 0 Å². The van der Waals surface area contributed by atoms with Crippen LogP contribution in [-0.4, -0.2) is 44.8 Å². The Balaban J connectivity index is 2.66. The summed E-state index contributed by atoms with van der Waals surface area (Å²) in [7, 11) is 3.12. The number of carbonyl (C=O) groups is 1. The number of tetrazole rings is 1. The van der Waals surface area contributed by atoms with Crippen molar-refractivity contribution in [1.82, 2.24) is 20.2 Å². The molecule has 1 rings (SSSR count). The topological polar surface area (TPSA) is 69.9 Å². The van der Waals surface area contributed by atoms with E-state index in [1.165, 1.54) is 18.9 Å². The highest BCUT2D eigenvalue weighted by molar-refractivity contribution is 7.99. The second-order valence-corrected chi connectivity index (χ2v) is 3.71. The molecule has 0 aromatic carbocycles. The fourth-order valence-corrected chi connectivity index (χ4v) is 1.59. The standard InChI is InChI=1S/C7H12N4O2S/c1-11-6(8-9-10-11)4-5(14-3)7(12)13-2/h5H,4H2,1-3H3. The molecule has 1 aromatic heterocycles. The third-order valence-electron chi connectivity index (χ3n) is 1.82. The van der Waals surface area contributed by atoms with E-state index in [0.717, 1.165) is 0 Å². The van der Waals surface area contributed by atoms with E-state index in [9.17, 15) is 4.79 Å². The first-order chi connectivity index (χ1) is 6.69. The molecule has 0 saturated heterocycles. The van der Waals surface area contributed by atoms with E-state index >= 15 is 0 Å². The first kappa shape index (κ1) is 11.0. The van der Waals surface area contributed by atoms with Crippen LogP contribution in [0, 0.1) is 0 Å². The van der Waals surface area contributed by atoms with E-state index in [1.54, 1.807) is 11.7 Å². The summed E-state index contributed by atoms with van der Waals surface area (Å²) in [5, 5.41) is 10.7. The fourth-order valence-electron chi connectivity index (χ4n) is 0.981. The first-order valence-electron chi connectivity index (χ1n) is 4.01. The van der Waals surface area contributed by atoms with Crippen molar-refractivity contribution in [3.05, 3.63) is 5.82 Å². The van der Waals surface area contributed by atoms with Gasteiger partial charge in [0, 0.05) is 13.5 Å². The summed E-state index contributed by atoms with van der Waals surface area (Å²) in [5.41, 5.74) is 0. The molecule has 0 bridgehead atoms. The minimum atomic E-state index is -0.250. The van der Waals surface area contributed by atoms with Gasteiger partial charge < -0.3 is 4.74 Å². The van der Waals surface area contributed by atoms with Gasteiger partial charge in [-0.1, -0.05) is 0 Å². The lowest BCUT2D eigenvalue weighted by Gasteiger charge is -2.09. The van der Waals surface area contributed by atoms with Gasteiger partial charge in [-0.3, -0.25) is 4.79 Å². The molecule has 0 saturated carbocycles. The molecule has 0 aliphatic carbocycles. The zero-order valence-electron chi connectivity index (χ0n) is 8.30. The predicted molar refractivity (Wildman–Crippen MR) is 51.8 cm³/mol. The van der Waals surface area contributed by atoms with Crippen molar-refractivity contribution in [3.63, 3.8) is 0 Å².